The molecule has 1 amide bonds. The maximum Gasteiger partial charge on any atom is 0.407 e. The molecule has 0 radical (unpaired) electrons. The summed E-state index contributed by atoms with van der Waals surface area (Å²) in [4.78, 5) is 11.2. The molecule has 0 bridgehead atoms. The molecule has 0 aliphatic rings. The van der Waals surface area contributed by atoms with Gasteiger partial charge in [0, 0.05) is 13.2 Å². The van der Waals surface area contributed by atoms with Crippen LogP contribution in [-0.2, 0) is 14.2 Å². The van der Waals surface area contributed by atoms with Gasteiger partial charge in [-0.05, 0) is 18.3 Å². The quantitative estimate of drug-likeness (QED) is 0.531. The van der Waals surface area contributed by atoms with Crippen LogP contribution in [0.3, 0.4) is 0 Å². The van der Waals surface area contributed by atoms with Crippen LogP contribution >= 0.6 is 0 Å². The summed E-state index contributed by atoms with van der Waals surface area (Å²) in [5.74, 6) is 1.19. The highest BCUT2D eigenvalue weighted by atomic mass is 16.6. The van der Waals surface area contributed by atoms with E-state index in [4.69, 9.17) is 14.2 Å². The van der Waals surface area contributed by atoms with Crippen LogP contribution in [-0.4, -0.2) is 45.7 Å². The first kappa shape index (κ1) is 20.2. The lowest BCUT2D eigenvalue weighted by molar-refractivity contribution is 0.0270. The van der Waals surface area contributed by atoms with Crippen molar-refractivity contribution in [3.8, 4) is 0 Å². The summed E-state index contributed by atoms with van der Waals surface area (Å²) >= 11 is 0. The van der Waals surface area contributed by atoms with Gasteiger partial charge in [0.15, 0.2) is 0 Å². The lowest BCUT2D eigenvalue weighted by Crippen LogP contribution is -2.29. The standard InChI is InChI=1S/C16H33NO4/c1-14(2)7-5-6-8-19-9-10-20-11-12-21-16(18)17-13-15(3)4/h14-15H,5-13H2,1-4H3,(H,17,18). The third-order valence-corrected chi connectivity index (χ3v) is 2.81. The normalized spacial score (nSPS) is 11.1. The van der Waals surface area contributed by atoms with Crippen molar-refractivity contribution in [3.05, 3.63) is 0 Å². The smallest absolute Gasteiger partial charge is 0.407 e. The third kappa shape index (κ3) is 17.1. The first-order chi connectivity index (χ1) is 10.0. The van der Waals surface area contributed by atoms with Gasteiger partial charge < -0.3 is 19.5 Å². The second-order valence-corrected chi connectivity index (χ2v) is 6.03. The Morgan fingerprint density at radius 2 is 1.48 bits per heavy atom. The lowest BCUT2D eigenvalue weighted by Gasteiger charge is -2.09. The Morgan fingerprint density at radius 1 is 0.857 bits per heavy atom. The molecule has 0 saturated carbocycles. The van der Waals surface area contributed by atoms with Crippen molar-refractivity contribution < 1.29 is 19.0 Å². The van der Waals surface area contributed by atoms with Crippen LogP contribution in [0, 0.1) is 11.8 Å². The van der Waals surface area contributed by atoms with Crippen molar-refractivity contribution in [2.75, 3.05) is 39.6 Å². The Kier molecular flexibility index (Phi) is 13.6. The minimum absolute atomic E-state index is 0.276. The Morgan fingerprint density at radius 3 is 2.10 bits per heavy atom. The maximum absolute atomic E-state index is 11.2. The van der Waals surface area contributed by atoms with E-state index in [1.807, 2.05) is 13.8 Å². The summed E-state index contributed by atoms with van der Waals surface area (Å²) in [5, 5.41) is 2.68. The highest BCUT2D eigenvalue weighted by Crippen LogP contribution is 2.05. The number of carbonyl (C=O) groups excluding carboxylic acids is 1. The number of hydrogen-bond donors (Lipinski definition) is 1. The van der Waals surface area contributed by atoms with Crippen LogP contribution in [0.4, 0.5) is 4.79 Å². The number of alkyl carbamates (subject to hydrolysis) is 1. The molecule has 0 aliphatic carbocycles. The fourth-order valence-electron chi connectivity index (χ4n) is 1.61. The fourth-order valence-corrected chi connectivity index (χ4v) is 1.61. The number of hydrogen-bond acceptors (Lipinski definition) is 4. The molecule has 126 valence electrons. The molecule has 0 atom stereocenters. The molecule has 0 rings (SSSR count). The van der Waals surface area contributed by atoms with Gasteiger partial charge in [0.1, 0.15) is 6.61 Å². The van der Waals surface area contributed by atoms with E-state index in [2.05, 4.69) is 19.2 Å². The van der Waals surface area contributed by atoms with E-state index in [1.54, 1.807) is 0 Å². The summed E-state index contributed by atoms with van der Waals surface area (Å²) in [5.41, 5.74) is 0. The van der Waals surface area contributed by atoms with Crippen LogP contribution in [0.25, 0.3) is 0 Å². The molecule has 0 spiro atoms. The molecule has 5 heteroatoms. The van der Waals surface area contributed by atoms with Crippen molar-refractivity contribution in [3.63, 3.8) is 0 Å². The number of nitrogens with one attached hydrogen (secondary N) is 1. The highest BCUT2D eigenvalue weighted by Gasteiger charge is 2.02. The molecular weight excluding hydrogens is 270 g/mol. The van der Waals surface area contributed by atoms with Gasteiger partial charge in [-0.25, -0.2) is 4.79 Å². The summed E-state index contributed by atoms with van der Waals surface area (Å²) in [7, 11) is 0. The molecule has 1 N–H and O–H groups in total. The van der Waals surface area contributed by atoms with Crippen LogP contribution in [0.5, 0.6) is 0 Å². The van der Waals surface area contributed by atoms with E-state index in [9.17, 15) is 4.79 Å². The van der Waals surface area contributed by atoms with Crippen LogP contribution in [0.15, 0.2) is 0 Å². The molecule has 0 fully saturated rings. The van der Waals surface area contributed by atoms with E-state index in [0.717, 1.165) is 18.9 Å². The first-order valence-corrected chi connectivity index (χ1v) is 8.08. The zero-order valence-electron chi connectivity index (χ0n) is 14.2. The van der Waals surface area contributed by atoms with Crippen molar-refractivity contribution in [1.29, 1.82) is 0 Å². The van der Waals surface area contributed by atoms with Gasteiger partial charge in [0.05, 0.1) is 19.8 Å². The summed E-state index contributed by atoms with van der Waals surface area (Å²) in [6.07, 6.45) is 3.21. The van der Waals surface area contributed by atoms with Gasteiger partial charge in [0.2, 0.25) is 0 Å². The minimum Gasteiger partial charge on any atom is -0.447 e. The van der Waals surface area contributed by atoms with Gasteiger partial charge >= 0.3 is 6.09 Å². The topological polar surface area (TPSA) is 56.8 Å². The van der Waals surface area contributed by atoms with Gasteiger partial charge in [-0.1, -0.05) is 40.5 Å². The van der Waals surface area contributed by atoms with Gasteiger partial charge in [-0.15, -0.1) is 0 Å². The lowest BCUT2D eigenvalue weighted by atomic mass is 10.1. The van der Waals surface area contributed by atoms with Crippen molar-refractivity contribution in [2.45, 2.75) is 47.0 Å². The second kappa shape index (κ2) is 14.1. The van der Waals surface area contributed by atoms with Crippen LogP contribution in [0.1, 0.15) is 47.0 Å². The predicted octanol–water partition coefficient (Wildman–Crippen LogP) is 3.23. The van der Waals surface area contributed by atoms with E-state index < -0.39 is 0 Å². The summed E-state index contributed by atoms with van der Waals surface area (Å²) in [6, 6.07) is 0. The van der Waals surface area contributed by atoms with E-state index in [0.29, 0.717) is 32.3 Å². The molecule has 0 heterocycles. The predicted molar refractivity (Wildman–Crippen MR) is 84.5 cm³/mol. The maximum atomic E-state index is 11.2. The molecule has 0 aromatic heterocycles. The largest absolute Gasteiger partial charge is 0.447 e. The van der Waals surface area contributed by atoms with Crippen molar-refractivity contribution in [2.24, 2.45) is 11.8 Å². The van der Waals surface area contributed by atoms with Crippen molar-refractivity contribution in [1.82, 2.24) is 5.32 Å². The van der Waals surface area contributed by atoms with Gasteiger partial charge in [0.25, 0.3) is 0 Å². The summed E-state index contributed by atoms with van der Waals surface area (Å²) < 4.78 is 15.7. The van der Waals surface area contributed by atoms with Gasteiger partial charge in [-0.2, -0.15) is 0 Å². The molecule has 0 saturated heterocycles. The number of amides is 1. The average Bonchev–Trinajstić information content (AvgIpc) is 2.42. The van der Waals surface area contributed by atoms with E-state index >= 15 is 0 Å². The zero-order valence-corrected chi connectivity index (χ0v) is 14.2. The molecule has 0 unspecified atom stereocenters. The van der Waals surface area contributed by atoms with Crippen LogP contribution < -0.4 is 5.32 Å². The molecule has 5 nitrogen and oxygen atoms in total. The van der Waals surface area contributed by atoms with Crippen LogP contribution in [0.2, 0.25) is 0 Å². The highest BCUT2D eigenvalue weighted by molar-refractivity contribution is 5.67. The molecule has 0 aromatic rings. The molecule has 21 heavy (non-hydrogen) atoms. The first-order valence-electron chi connectivity index (χ1n) is 8.08. The number of unbranched alkanes of at least 4 members (excludes halogenated alkanes) is 1. The number of rotatable bonds is 13. The Labute approximate surface area is 129 Å². The molecule has 0 aliphatic heterocycles. The number of ether oxygens (including phenoxy) is 3. The molecular formula is C16H33NO4. The van der Waals surface area contributed by atoms with E-state index in [-0.39, 0.29) is 12.7 Å². The summed E-state index contributed by atoms with van der Waals surface area (Å²) in [6.45, 7) is 11.8. The van der Waals surface area contributed by atoms with Crippen molar-refractivity contribution >= 4 is 6.09 Å². The second-order valence-electron chi connectivity index (χ2n) is 6.03. The number of carbonyl (C=O) groups is 1. The third-order valence-electron chi connectivity index (χ3n) is 2.81. The SMILES string of the molecule is CC(C)CCCCOCCOCCOC(=O)NCC(C)C. The monoisotopic (exact) mass is 303 g/mol. The Balaban J connectivity index is 3.13. The minimum atomic E-state index is -0.381. The Hall–Kier alpha value is -0.810. The van der Waals surface area contributed by atoms with E-state index in [1.165, 1.54) is 12.8 Å². The Bertz CT molecular complexity index is 244. The van der Waals surface area contributed by atoms with Gasteiger partial charge in [-0.3, -0.25) is 0 Å². The average molecular weight is 303 g/mol. The fraction of sp³-hybridized carbons (Fsp3) is 0.938. The zero-order chi connectivity index (χ0) is 15.9. The molecule has 0 aromatic carbocycles.